The van der Waals surface area contributed by atoms with E-state index in [1.165, 1.54) is 39.2 Å². The number of anilines is 4. The molecule has 0 unspecified atom stereocenters. The SMILES string of the molecule is Cc1ccc(N(C)c2ccc3c(c2)-c2ccc(Nc4ccccc4)cc2C3)cc1. The molecule has 0 radical (unpaired) electrons. The van der Waals surface area contributed by atoms with Crippen molar-refractivity contribution in [1.29, 1.82) is 0 Å². The highest BCUT2D eigenvalue weighted by atomic mass is 15.1. The van der Waals surface area contributed by atoms with Crippen molar-refractivity contribution in [1.82, 2.24) is 0 Å². The molecule has 0 bridgehead atoms. The molecule has 4 aromatic carbocycles. The first kappa shape index (κ1) is 17.6. The predicted molar refractivity (Wildman–Crippen MR) is 124 cm³/mol. The minimum Gasteiger partial charge on any atom is -0.356 e. The molecule has 29 heavy (non-hydrogen) atoms. The van der Waals surface area contributed by atoms with Gasteiger partial charge in [0, 0.05) is 29.8 Å². The summed E-state index contributed by atoms with van der Waals surface area (Å²) in [5.74, 6) is 0. The van der Waals surface area contributed by atoms with Crippen molar-refractivity contribution in [2.24, 2.45) is 0 Å². The molecule has 0 spiro atoms. The third kappa shape index (κ3) is 3.38. The predicted octanol–water partition coefficient (Wildman–Crippen LogP) is 7.08. The van der Waals surface area contributed by atoms with Gasteiger partial charge >= 0.3 is 0 Å². The second-order valence-corrected chi connectivity index (χ2v) is 7.78. The lowest BCUT2D eigenvalue weighted by atomic mass is 10.0. The molecule has 142 valence electrons. The monoisotopic (exact) mass is 376 g/mol. The molecule has 0 atom stereocenters. The van der Waals surface area contributed by atoms with E-state index in [9.17, 15) is 0 Å². The molecule has 0 amide bonds. The summed E-state index contributed by atoms with van der Waals surface area (Å²) in [4.78, 5) is 2.25. The Bertz CT molecular complexity index is 1160. The van der Waals surface area contributed by atoms with E-state index in [0.29, 0.717) is 0 Å². The Balaban J connectivity index is 1.44. The lowest BCUT2D eigenvalue weighted by Crippen LogP contribution is -2.09. The van der Waals surface area contributed by atoms with Crippen molar-refractivity contribution in [2.75, 3.05) is 17.3 Å². The van der Waals surface area contributed by atoms with Crippen LogP contribution in [-0.4, -0.2) is 7.05 Å². The summed E-state index contributed by atoms with van der Waals surface area (Å²) < 4.78 is 0. The molecule has 0 heterocycles. The van der Waals surface area contributed by atoms with Crippen molar-refractivity contribution >= 4 is 22.7 Å². The van der Waals surface area contributed by atoms with Crippen molar-refractivity contribution < 1.29 is 0 Å². The second-order valence-electron chi connectivity index (χ2n) is 7.78. The normalized spacial score (nSPS) is 11.7. The number of fused-ring (bicyclic) bond motifs is 3. The third-order valence-electron chi connectivity index (χ3n) is 5.74. The van der Waals surface area contributed by atoms with Crippen LogP contribution in [0.1, 0.15) is 16.7 Å². The van der Waals surface area contributed by atoms with E-state index >= 15 is 0 Å². The summed E-state index contributed by atoms with van der Waals surface area (Å²) >= 11 is 0. The number of nitrogens with one attached hydrogen (secondary N) is 1. The topological polar surface area (TPSA) is 15.3 Å². The molecular formula is C27H24N2. The zero-order valence-corrected chi connectivity index (χ0v) is 16.8. The Morgan fingerprint density at radius 3 is 2.21 bits per heavy atom. The molecule has 2 nitrogen and oxygen atoms in total. The van der Waals surface area contributed by atoms with E-state index in [2.05, 4.69) is 109 Å². The number of hydrogen-bond acceptors (Lipinski definition) is 2. The maximum atomic E-state index is 3.51. The zero-order valence-electron chi connectivity index (χ0n) is 16.8. The third-order valence-corrected chi connectivity index (χ3v) is 5.74. The highest BCUT2D eigenvalue weighted by Gasteiger charge is 2.20. The molecule has 0 saturated carbocycles. The van der Waals surface area contributed by atoms with Crippen LogP contribution in [0.5, 0.6) is 0 Å². The van der Waals surface area contributed by atoms with Crippen LogP contribution < -0.4 is 10.2 Å². The van der Waals surface area contributed by atoms with Gasteiger partial charge < -0.3 is 10.2 Å². The number of nitrogens with zero attached hydrogens (tertiary/aromatic N) is 1. The molecule has 0 aliphatic heterocycles. The van der Waals surface area contributed by atoms with Crippen LogP contribution in [0.2, 0.25) is 0 Å². The molecule has 1 N–H and O–H groups in total. The highest BCUT2D eigenvalue weighted by Crippen LogP contribution is 2.40. The van der Waals surface area contributed by atoms with Crippen molar-refractivity contribution in [2.45, 2.75) is 13.3 Å². The smallest absolute Gasteiger partial charge is 0.0414 e. The summed E-state index contributed by atoms with van der Waals surface area (Å²) in [5, 5.41) is 3.51. The fourth-order valence-corrected chi connectivity index (χ4v) is 4.07. The molecule has 0 saturated heterocycles. The van der Waals surface area contributed by atoms with Crippen LogP contribution in [0.3, 0.4) is 0 Å². The maximum Gasteiger partial charge on any atom is 0.0414 e. The largest absolute Gasteiger partial charge is 0.356 e. The van der Waals surface area contributed by atoms with E-state index in [1.807, 2.05) is 6.07 Å². The minimum absolute atomic E-state index is 0.990. The van der Waals surface area contributed by atoms with Crippen LogP contribution in [0, 0.1) is 6.92 Å². The van der Waals surface area contributed by atoms with Gasteiger partial charge in [-0.3, -0.25) is 0 Å². The Morgan fingerprint density at radius 2 is 1.41 bits per heavy atom. The van der Waals surface area contributed by atoms with Crippen molar-refractivity contribution in [3.63, 3.8) is 0 Å². The van der Waals surface area contributed by atoms with Gasteiger partial charge in [0.25, 0.3) is 0 Å². The fourth-order valence-electron chi connectivity index (χ4n) is 4.07. The Morgan fingerprint density at radius 1 is 0.655 bits per heavy atom. The number of aryl methyl sites for hydroxylation is 1. The standard InChI is InChI=1S/C27H24N2/c1-19-8-12-24(13-9-19)29(2)25-14-10-20-16-21-17-23(11-15-26(21)27(20)18-25)28-22-6-4-3-5-7-22/h3-15,17-18,28H,16H2,1-2H3. The number of para-hydroxylation sites is 1. The Hall–Kier alpha value is -3.52. The fraction of sp³-hybridized carbons (Fsp3) is 0.111. The first-order valence-corrected chi connectivity index (χ1v) is 10.1. The molecule has 1 aliphatic rings. The van der Waals surface area contributed by atoms with Gasteiger partial charge in [-0.05, 0) is 84.1 Å². The summed E-state index contributed by atoms with van der Waals surface area (Å²) in [5.41, 5.74) is 11.4. The first-order valence-electron chi connectivity index (χ1n) is 10.1. The highest BCUT2D eigenvalue weighted by molar-refractivity contribution is 5.82. The lowest BCUT2D eigenvalue weighted by molar-refractivity contribution is 1.20. The first-order chi connectivity index (χ1) is 14.2. The molecule has 2 heteroatoms. The van der Waals surface area contributed by atoms with Gasteiger partial charge in [0.1, 0.15) is 0 Å². The molecular weight excluding hydrogens is 352 g/mol. The minimum atomic E-state index is 0.990. The summed E-state index contributed by atoms with van der Waals surface area (Å²) in [6.07, 6.45) is 0.990. The molecule has 0 aromatic heterocycles. The van der Waals surface area contributed by atoms with Crippen LogP contribution in [0.4, 0.5) is 22.7 Å². The van der Waals surface area contributed by atoms with Gasteiger partial charge in [-0.1, -0.05) is 48.0 Å². The van der Waals surface area contributed by atoms with E-state index < -0.39 is 0 Å². The van der Waals surface area contributed by atoms with Crippen LogP contribution >= 0.6 is 0 Å². The number of benzene rings is 4. The van der Waals surface area contributed by atoms with Crippen LogP contribution in [0.15, 0.2) is 91.0 Å². The maximum absolute atomic E-state index is 3.51. The van der Waals surface area contributed by atoms with Gasteiger partial charge in [-0.15, -0.1) is 0 Å². The lowest BCUT2D eigenvalue weighted by Gasteiger charge is -2.20. The molecule has 1 aliphatic carbocycles. The van der Waals surface area contributed by atoms with Crippen LogP contribution in [-0.2, 0) is 6.42 Å². The summed E-state index contributed by atoms with van der Waals surface area (Å²) in [7, 11) is 2.13. The Labute approximate surface area is 172 Å². The molecule has 5 rings (SSSR count). The van der Waals surface area contributed by atoms with Crippen molar-refractivity contribution in [3.05, 3.63) is 108 Å². The summed E-state index contributed by atoms with van der Waals surface area (Å²) in [6.45, 7) is 2.12. The quantitative estimate of drug-likeness (QED) is 0.360. The molecule has 4 aromatic rings. The van der Waals surface area contributed by atoms with Gasteiger partial charge in [0.05, 0.1) is 0 Å². The van der Waals surface area contributed by atoms with E-state index in [4.69, 9.17) is 0 Å². The van der Waals surface area contributed by atoms with E-state index in [0.717, 1.165) is 17.8 Å². The van der Waals surface area contributed by atoms with Gasteiger partial charge in [-0.25, -0.2) is 0 Å². The van der Waals surface area contributed by atoms with Gasteiger partial charge in [-0.2, -0.15) is 0 Å². The Kier molecular flexibility index (Phi) is 4.33. The van der Waals surface area contributed by atoms with Crippen LogP contribution in [0.25, 0.3) is 11.1 Å². The van der Waals surface area contributed by atoms with E-state index in [1.54, 1.807) is 0 Å². The van der Waals surface area contributed by atoms with Gasteiger partial charge in [0.15, 0.2) is 0 Å². The summed E-state index contributed by atoms with van der Waals surface area (Å²) in [6, 6.07) is 32.6. The number of rotatable bonds is 4. The average Bonchev–Trinajstić information content (AvgIpc) is 3.11. The van der Waals surface area contributed by atoms with E-state index in [-0.39, 0.29) is 0 Å². The number of hydrogen-bond donors (Lipinski definition) is 1. The average molecular weight is 377 g/mol. The second kappa shape index (κ2) is 7.14. The van der Waals surface area contributed by atoms with Gasteiger partial charge in [0.2, 0.25) is 0 Å². The van der Waals surface area contributed by atoms with Crippen molar-refractivity contribution in [3.8, 4) is 11.1 Å². The molecule has 0 fully saturated rings. The zero-order chi connectivity index (χ0) is 19.8.